The topological polar surface area (TPSA) is 97.8 Å². The lowest BCUT2D eigenvalue weighted by atomic mass is 10.1. The number of H-pyrrole nitrogens is 1. The number of hydrogen-bond acceptors (Lipinski definition) is 6. The number of aromatic amines is 1. The molecule has 8 nitrogen and oxygen atoms in total. The zero-order valence-electron chi connectivity index (χ0n) is 17.9. The van der Waals surface area contributed by atoms with Gasteiger partial charge in [-0.15, -0.1) is 0 Å². The van der Waals surface area contributed by atoms with Crippen molar-refractivity contribution in [1.29, 1.82) is 0 Å². The molecular weight excluding hydrogens is 408 g/mol. The van der Waals surface area contributed by atoms with Crippen LogP contribution in [0.4, 0.5) is 0 Å². The van der Waals surface area contributed by atoms with E-state index in [-0.39, 0.29) is 0 Å². The van der Waals surface area contributed by atoms with Crippen LogP contribution in [0.2, 0.25) is 0 Å². The van der Waals surface area contributed by atoms with Gasteiger partial charge >= 0.3 is 0 Å². The number of hydrogen-bond donors (Lipinski definition) is 2. The number of nitrogens with one attached hydrogen (secondary N) is 2. The molecule has 0 aliphatic carbocycles. The average Bonchev–Trinajstić information content (AvgIpc) is 3.33. The molecule has 0 atom stereocenters. The van der Waals surface area contributed by atoms with E-state index in [0.29, 0.717) is 34.2 Å². The summed E-state index contributed by atoms with van der Waals surface area (Å²) < 4.78 is 16.0. The fourth-order valence-electron chi connectivity index (χ4n) is 3.38. The lowest BCUT2D eigenvalue weighted by Gasteiger charge is -2.13. The second-order valence-corrected chi connectivity index (χ2v) is 6.85. The Morgan fingerprint density at radius 2 is 1.72 bits per heavy atom. The Balaban J connectivity index is 1.49. The fourth-order valence-corrected chi connectivity index (χ4v) is 3.38. The number of aromatic nitrogens is 2. The summed E-state index contributed by atoms with van der Waals surface area (Å²) in [5.74, 6) is 1.01. The zero-order chi connectivity index (χ0) is 22.5. The minimum atomic E-state index is -0.416. The number of carbonyl (C=O) groups is 1. The van der Waals surface area contributed by atoms with Gasteiger partial charge in [0.2, 0.25) is 5.75 Å². The van der Waals surface area contributed by atoms with Gasteiger partial charge in [-0.25, -0.2) is 5.43 Å². The number of amides is 1. The number of methoxy groups -OCH3 is 3. The maximum absolute atomic E-state index is 12.5. The highest BCUT2D eigenvalue weighted by Gasteiger charge is 2.15. The van der Waals surface area contributed by atoms with Crippen LogP contribution in [0.15, 0.2) is 65.8 Å². The lowest BCUT2D eigenvalue weighted by molar-refractivity contribution is 0.0950. The van der Waals surface area contributed by atoms with Crippen LogP contribution in [0.25, 0.3) is 22.0 Å². The van der Waals surface area contributed by atoms with Crippen LogP contribution in [0.1, 0.15) is 16.1 Å². The number of fused-ring (bicyclic) bond motifs is 1. The van der Waals surface area contributed by atoms with Gasteiger partial charge in [0.1, 0.15) is 5.69 Å². The predicted molar refractivity (Wildman–Crippen MR) is 123 cm³/mol. The van der Waals surface area contributed by atoms with Gasteiger partial charge in [-0.3, -0.25) is 9.89 Å². The molecule has 1 amide bonds. The van der Waals surface area contributed by atoms with E-state index in [9.17, 15) is 4.79 Å². The van der Waals surface area contributed by atoms with Crippen molar-refractivity contribution in [3.63, 3.8) is 0 Å². The third-order valence-electron chi connectivity index (χ3n) is 4.97. The summed E-state index contributed by atoms with van der Waals surface area (Å²) in [5.41, 5.74) is 4.99. The molecule has 1 aromatic heterocycles. The van der Waals surface area contributed by atoms with Crippen molar-refractivity contribution in [2.24, 2.45) is 5.10 Å². The van der Waals surface area contributed by atoms with Gasteiger partial charge in [-0.2, -0.15) is 10.2 Å². The number of benzene rings is 3. The third kappa shape index (κ3) is 4.11. The highest BCUT2D eigenvalue weighted by atomic mass is 16.5. The van der Waals surface area contributed by atoms with Gasteiger partial charge < -0.3 is 14.2 Å². The second kappa shape index (κ2) is 9.22. The Morgan fingerprint density at radius 1 is 0.938 bits per heavy atom. The molecule has 162 valence electrons. The van der Waals surface area contributed by atoms with Crippen molar-refractivity contribution in [1.82, 2.24) is 15.6 Å². The van der Waals surface area contributed by atoms with Crippen LogP contribution in [0.5, 0.6) is 17.2 Å². The standard InChI is InChI=1S/C24H22N4O4/c1-30-21-11-10-18(22(31-2)23(21)32-3)14-25-28-24(29)20-13-19(26-27-20)17-9-8-15-6-4-5-7-16(15)12-17/h4-14H,1-3H3,(H,26,27)(H,28,29)/b25-14+. The molecule has 0 saturated carbocycles. The SMILES string of the molecule is COc1ccc(/C=N/NC(=O)c2cc(-c3ccc4ccccc4c3)n[nH]2)c(OC)c1OC. The minimum absolute atomic E-state index is 0.296. The van der Waals surface area contributed by atoms with Crippen molar-refractivity contribution in [2.45, 2.75) is 0 Å². The van der Waals surface area contributed by atoms with E-state index in [0.717, 1.165) is 16.3 Å². The second-order valence-electron chi connectivity index (χ2n) is 6.85. The molecule has 2 N–H and O–H groups in total. The van der Waals surface area contributed by atoms with Gasteiger partial charge in [-0.05, 0) is 35.0 Å². The maximum atomic E-state index is 12.5. The average molecular weight is 430 g/mol. The molecule has 4 rings (SSSR count). The zero-order valence-corrected chi connectivity index (χ0v) is 17.9. The molecule has 4 aromatic rings. The van der Waals surface area contributed by atoms with E-state index in [1.165, 1.54) is 20.4 Å². The van der Waals surface area contributed by atoms with Gasteiger partial charge in [0.25, 0.3) is 5.91 Å². The summed E-state index contributed by atoms with van der Waals surface area (Å²) in [5, 5.41) is 13.3. The Morgan fingerprint density at radius 3 is 2.47 bits per heavy atom. The summed E-state index contributed by atoms with van der Waals surface area (Å²) in [6.07, 6.45) is 1.47. The summed E-state index contributed by atoms with van der Waals surface area (Å²) in [4.78, 5) is 12.5. The van der Waals surface area contributed by atoms with E-state index >= 15 is 0 Å². The van der Waals surface area contributed by atoms with Crippen LogP contribution in [-0.4, -0.2) is 43.6 Å². The Hall–Kier alpha value is -4.33. The van der Waals surface area contributed by atoms with Crippen molar-refractivity contribution >= 4 is 22.9 Å². The molecule has 0 saturated heterocycles. The fraction of sp³-hybridized carbons (Fsp3) is 0.125. The summed E-state index contributed by atoms with van der Waals surface area (Å²) >= 11 is 0. The number of rotatable bonds is 7. The number of hydrazone groups is 1. The van der Waals surface area contributed by atoms with E-state index in [4.69, 9.17) is 14.2 Å². The Labute approximate surface area is 184 Å². The third-order valence-corrected chi connectivity index (χ3v) is 4.97. The monoisotopic (exact) mass is 430 g/mol. The van der Waals surface area contributed by atoms with E-state index in [2.05, 4.69) is 20.7 Å². The first-order chi connectivity index (χ1) is 15.6. The van der Waals surface area contributed by atoms with Crippen molar-refractivity contribution in [2.75, 3.05) is 21.3 Å². The van der Waals surface area contributed by atoms with Crippen molar-refractivity contribution < 1.29 is 19.0 Å². The van der Waals surface area contributed by atoms with E-state index < -0.39 is 5.91 Å². The quantitative estimate of drug-likeness (QED) is 0.341. The van der Waals surface area contributed by atoms with Crippen LogP contribution >= 0.6 is 0 Å². The van der Waals surface area contributed by atoms with Crippen molar-refractivity contribution in [3.8, 4) is 28.5 Å². The van der Waals surface area contributed by atoms with Gasteiger partial charge in [0.05, 0.1) is 33.2 Å². The molecular formula is C24H22N4O4. The molecule has 0 radical (unpaired) electrons. The summed E-state index contributed by atoms with van der Waals surface area (Å²) in [6, 6.07) is 19.3. The molecule has 0 fully saturated rings. The van der Waals surface area contributed by atoms with Gasteiger partial charge in [-0.1, -0.05) is 36.4 Å². The largest absolute Gasteiger partial charge is 0.493 e. The molecule has 8 heteroatoms. The molecule has 0 unspecified atom stereocenters. The first-order valence-corrected chi connectivity index (χ1v) is 9.81. The summed E-state index contributed by atoms with van der Waals surface area (Å²) in [6.45, 7) is 0. The Bertz CT molecular complexity index is 1300. The number of carbonyl (C=O) groups excluding carboxylic acids is 1. The smallest absolute Gasteiger partial charge is 0.289 e. The minimum Gasteiger partial charge on any atom is -0.493 e. The first-order valence-electron chi connectivity index (χ1n) is 9.81. The summed E-state index contributed by atoms with van der Waals surface area (Å²) in [7, 11) is 4.59. The maximum Gasteiger partial charge on any atom is 0.289 e. The molecule has 3 aromatic carbocycles. The van der Waals surface area contributed by atoms with Gasteiger partial charge in [0, 0.05) is 11.1 Å². The lowest BCUT2D eigenvalue weighted by Crippen LogP contribution is -2.18. The highest BCUT2D eigenvalue weighted by Crippen LogP contribution is 2.39. The van der Waals surface area contributed by atoms with E-state index in [1.807, 2.05) is 42.5 Å². The highest BCUT2D eigenvalue weighted by molar-refractivity contribution is 5.95. The first kappa shape index (κ1) is 20.9. The van der Waals surface area contributed by atoms with E-state index in [1.54, 1.807) is 25.3 Å². The van der Waals surface area contributed by atoms with Crippen LogP contribution in [0.3, 0.4) is 0 Å². The Kier molecular flexibility index (Phi) is 6.03. The number of nitrogens with zero attached hydrogens (tertiary/aromatic N) is 2. The predicted octanol–water partition coefficient (Wildman–Crippen LogP) is 4.02. The molecule has 0 bridgehead atoms. The van der Waals surface area contributed by atoms with Crippen LogP contribution in [0, 0.1) is 0 Å². The van der Waals surface area contributed by atoms with Crippen LogP contribution in [-0.2, 0) is 0 Å². The molecule has 0 aliphatic heterocycles. The van der Waals surface area contributed by atoms with Crippen LogP contribution < -0.4 is 19.6 Å². The normalized spacial score (nSPS) is 11.0. The van der Waals surface area contributed by atoms with Crippen molar-refractivity contribution in [3.05, 3.63) is 71.9 Å². The molecule has 0 spiro atoms. The molecule has 32 heavy (non-hydrogen) atoms. The molecule has 0 aliphatic rings. The van der Waals surface area contributed by atoms with Gasteiger partial charge in [0.15, 0.2) is 11.5 Å². The number of ether oxygens (including phenoxy) is 3. The molecule has 1 heterocycles.